The molecule has 3 rings (SSSR count). The van der Waals surface area contributed by atoms with E-state index in [0.29, 0.717) is 21.8 Å². The van der Waals surface area contributed by atoms with Crippen LogP contribution < -0.4 is 56.3 Å². The van der Waals surface area contributed by atoms with E-state index in [0.717, 1.165) is 5.56 Å². The molecular formula is C18H16ClKN2O5S. The van der Waals surface area contributed by atoms with E-state index in [-0.39, 0.29) is 75.5 Å². The van der Waals surface area contributed by atoms with Gasteiger partial charge in [-0.3, -0.25) is 9.08 Å². The van der Waals surface area contributed by atoms with Crippen LogP contribution in [0.25, 0.3) is 0 Å². The number of fused-ring (bicyclic) bond motifs is 1. The predicted octanol–water partition coefficient (Wildman–Crippen LogP) is 0.130. The van der Waals surface area contributed by atoms with E-state index in [1.807, 2.05) is 19.1 Å². The maximum Gasteiger partial charge on any atom is 1.00 e. The van der Waals surface area contributed by atoms with E-state index < -0.39 is 10.4 Å². The van der Waals surface area contributed by atoms with E-state index >= 15 is 0 Å². The molecule has 1 heterocycles. The van der Waals surface area contributed by atoms with E-state index in [1.165, 1.54) is 0 Å². The van der Waals surface area contributed by atoms with Crippen LogP contribution in [0.3, 0.4) is 0 Å². The van der Waals surface area contributed by atoms with Gasteiger partial charge in [0.25, 0.3) is 16.3 Å². The van der Waals surface area contributed by atoms with Crippen LogP contribution in [0.5, 0.6) is 0 Å². The molecule has 0 aliphatic carbocycles. The molecule has 0 spiro atoms. The molecule has 7 nitrogen and oxygen atoms in total. The van der Waals surface area contributed by atoms with Gasteiger partial charge in [-0.1, -0.05) is 41.9 Å². The Bertz CT molecular complexity index is 1040. The number of nitrogens with zero attached hydrogens (tertiary/aromatic N) is 2. The summed E-state index contributed by atoms with van der Waals surface area (Å²) < 4.78 is 36.4. The predicted molar refractivity (Wildman–Crippen MR) is 101 cm³/mol. The van der Waals surface area contributed by atoms with Gasteiger partial charge in [0.05, 0.1) is 11.4 Å². The molecule has 10 heteroatoms. The Kier molecular flexibility index (Phi) is 7.85. The van der Waals surface area contributed by atoms with Crippen LogP contribution in [-0.4, -0.2) is 31.1 Å². The average Bonchev–Trinajstić information content (AvgIpc) is 2.59. The molecule has 0 saturated heterocycles. The topological polar surface area (TPSA) is 99.1 Å². The standard InChI is InChI=1S/C18H17ClN2O5S.K/c1-11-5-3-4-6-14(11)18(22)21-10-12(2)17(20-26-27(23,24)25)15-8-7-13(19)9-16(15)21;/h3-9,12H,10H2,1-2H3,(H,23,24,25);/q;+1/p-1/b20-17-;. The van der Waals surface area contributed by atoms with E-state index in [4.69, 9.17) is 11.6 Å². The number of anilines is 1. The molecule has 1 atom stereocenters. The Morgan fingerprint density at radius 2 is 1.96 bits per heavy atom. The zero-order chi connectivity index (χ0) is 19.8. The van der Waals surface area contributed by atoms with Crippen LogP contribution in [0, 0.1) is 12.8 Å². The smallest absolute Gasteiger partial charge is 0.714 e. The summed E-state index contributed by atoms with van der Waals surface area (Å²) in [7, 11) is -4.98. The summed E-state index contributed by atoms with van der Waals surface area (Å²) in [5.41, 5.74) is 2.59. The number of hydrogen-bond acceptors (Lipinski definition) is 6. The molecule has 0 bridgehead atoms. The minimum atomic E-state index is -4.98. The maximum atomic E-state index is 13.1. The molecule has 1 unspecified atom stereocenters. The molecule has 2 aromatic rings. The second kappa shape index (κ2) is 9.35. The second-order valence-corrected chi connectivity index (χ2v) is 7.65. The third-order valence-corrected chi connectivity index (χ3v) is 4.79. The summed E-state index contributed by atoms with van der Waals surface area (Å²) in [6, 6.07) is 12.0. The van der Waals surface area contributed by atoms with Gasteiger partial charge < -0.3 is 9.45 Å². The molecule has 142 valence electrons. The fourth-order valence-corrected chi connectivity index (χ4v) is 3.38. The SMILES string of the molecule is Cc1ccccc1C(=O)N1CC(C)/C(=N/OS(=O)(=O)[O-])c2ccc(Cl)cc21.[K+]. The molecule has 0 radical (unpaired) electrons. The monoisotopic (exact) mass is 446 g/mol. The van der Waals surface area contributed by atoms with Gasteiger partial charge in [-0.15, -0.1) is 0 Å². The number of hydrogen-bond donors (Lipinski definition) is 0. The van der Waals surface area contributed by atoms with Crippen molar-refractivity contribution in [2.45, 2.75) is 13.8 Å². The number of oxime groups is 1. The van der Waals surface area contributed by atoms with Crippen molar-refractivity contribution in [1.29, 1.82) is 0 Å². The van der Waals surface area contributed by atoms with Gasteiger partial charge >= 0.3 is 51.4 Å². The van der Waals surface area contributed by atoms with E-state index in [9.17, 15) is 17.8 Å². The van der Waals surface area contributed by atoms with Crippen molar-refractivity contribution < 1.29 is 73.4 Å². The van der Waals surface area contributed by atoms with Gasteiger partial charge in [0.15, 0.2) is 0 Å². The Morgan fingerprint density at radius 1 is 1.29 bits per heavy atom. The number of aryl methyl sites for hydroxylation is 1. The summed E-state index contributed by atoms with van der Waals surface area (Å²) >= 11 is 6.10. The van der Waals surface area contributed by atoms with Crippen LogP contribution in [0.1, 0.15) is 28.4 Å². The number of benzene rings is 2. The van der Waals surface area contributed by atoms with E-state index in [2.05, 4.69) is 9.44 Å². The summed E-state index contributed by atoms with van der Waals surface area (Å²) in [4.78, 5) is 14.7. The molecule has 0 fully saturated rings. The molecule has 1 aliphatic rings. The largest absolute Gasteiger partial charge is 1.00 e. The Labute approximate surface area is 211 Å². The third kappa shape index (κ3) is 5.22. The molecule has 1 aliphatic heterocycles. The van der Waals surface area contributed by atoms with Crippen LogP contribution in [-0.2, 0) is 14.7 Å². The zero-order valence-electron chi connectivity index (χ0n) is 15.5. The van der Waals surface area contributed by atoms with Gasteiger partial charge in [0.1, 0.15) is 0 Å². The fraction of sp³-hybridized carbons (Fsp3) is 0.222. The van der Waals surface area contributed by atoms with Gasteiger partial charge in [0.2, 0.25) is 0 Å². The molecule has 1 amide bonds. The van der Waals surface area contributed by atoms with Crippen molar-refractivity contribution in [2.75, 3.05) is 11.4 Å². The van der Waals surface area contributed by atoms with Crippen molar-refractivity contribution in [2.24, 2.45) is 11.1 Å². The summed E-state index contributed by atoms with van der Waals surface area (Å²) in [6.07, 6.45) is 0. The fourth-order valence-electron chi connectivity index (χ4n) is 3.04. The molecule has 0 N–H and O–H groups in total. The first kappa shape index (κ1) is 23.5. The Morgan fingerprint density at radius 3 is 2.61 bits per heavy atom. The first-order chi connectivity index (χ1) is 12.7. The maximum absolute atomic E-state index is 13.1. The van der Waals surface area contributed by atoms with E-state index in [1.54, 1.807) is 42.2 Å². The third-order valence-electron chi connectivity index (χ3n) is 4.30. The molecule has 2 aromatic carbocycles. The van der Waals surface area contributed by atoms with Crippen LogP contribution in [0.4, 0.5) is 5.69 Å². The molecule has 0 saturated carbocycles. The molecule has 28 heavy (non-hydrogen) atoms. The van der Waals surface area contributed by atoms with Gasteiger partial charge in [-0.25, -0.2) is 0 Å². The summed E-state index contributed by atoms with van der Waals surface area (Å²) in [6.45, 7) is 3.83. The Hall–Kier alpha value is -0.784. The van der Waals surface area contributed by atoms with Crippen molar-refractivity contribution in [3.05, 3.63) is 64.2 Å². The number of halogens is 1. The molecular weight excluding hydrogens is 431 g/mol. The average molecular weight is 447 g/mol. The van der Waals surface area contributed by atoms with Crippen molar-refractivity contribution in [3.8, 4) is 0 Å². The van der Waals surface area contributed by atoms with Gasteiger partial charge in [-0.2, -0.15) is 8.42 Å². The minimum absolute atomic E-state index is 0. The summed E-state index contributed by atoms with van der Waals surface area (Å²) in [5, 5.41) is 3.93. The minimum Gasteiger partial charge on any atom is -0.714 e. The van der Waals surface area contributed by atoms with Gasteiger partial charge in [-0.05, 0) is 36.8 Å². The zero-order valence-corrected chi connectivity index (χ0v) is 20.2. The quantitative estimate of drug-likeness (QED) is 0.289. The second-order valence-electron chi connectivity index (χ2n) is 6.25. The first-order valence-corrected chi connectivity index (χ1v) is 9.78. The van der Waals surface area contributed by atoms with Crippen molar-refractivity contribution in [3.63, 3.8) is 0 Å². The number of carbonyl (C=O) groups excluding carboxylic acids is 1. The van der Waals surface area contributed by atoms with Gasteiger partial charge in [0, 0.05) is 28.6 Å². The first-order valence-electron chi connectivity index (χ1n) is 8.07. The van der Waals surface area contributed by atoms with Crippen LogP contribution in [0.15, 0.2) is 47.6 Å². The van der Waals surface area contributed by atoms with Crippen LogP contribution in [0.2, 0.25) is 5.02 Å². The van der Waals surface area contributed by atoms with Crippen LogP contribution >= 0.6 is 11.6 Å². The number of carbonyl (C=O) groups is 1. The van der Waals surface area contributed by atoms with Crippen molar-refractivity contribution >= 4 is 39.3 Å². The normalized spacial score (nSPS) is 17.6. The number of rotatable bonds is 3. The summed E-state index contributed by atoms with van der Waals surface area (Å²) in [5.74, 6) is -0.576. The Balaban J connectivity index is 0.00000280. The number of amides is 1. The van der Waals surface area contributed by atoms with Crippen molar-refractivity contribution in [1.82, 2.24) is 0 Å². The molecule has 0 aromatic heterocycles.